The zero-order valence-corrected chi connectivity index (χ0v) is 12.9. The number of aromatic hydroxyl groups is 1. The van der Waals surface area contributed by atoms with Gasteiger partial charge in [0, 0.05) is 37.8 Å². The standard InChI is InChI=1S/C13H18F2N2O.2ClH/c1-2-11(17-7-5-16-6-8-17)12-9(14)3-4-10(15)13(12)18;;/h3-4,11,16,18H,2,5-8H2,1H3;2*1H/t11-;;/m0../s1. The number of hydrogen-bond donors (Lipinski definition) is 2. The molecule has 0 bridgehead atoms. The van der Waals surface area contributed by atoms with E-state index in [1.54, 1.807) is 0 Å². The first-order chi connectivity index (χ1) is 8.65. The van der Waals surface area contributed by atoms with E-state index in [-0.39, 0.29) is 36.4 Å². The molecule has 1 atom stereocenters. The van der Waals surface area contributed by atoms with Gasteiger partial charge in [-0.3, -0.25) is 4.90 Å². The van der Waals surface area contributed by atoms with Crippen LogP contribution in [0.5, 0.6) is 5.75 Å². The van der Waals surface area contributed by atoms with E-state index in [1.807, 2.05) is 6.92 Å². The molecule has 0 aliphatic carbocycles. The molecule has 0 unspecified atom stereocenters. The van der Waals surface area contributed by atoms with Crippen molar-refractivity contribution in [3.05, 3.63) is 29.3 Å². The van der Waals surface area contributed by atoms with E-state index in [2.05, 4.69) is 10.2 Å². The van der Waals surface area contributed by atoms with Crippen LogP contribution in [0.4, 0.5) is 8.78 Å². The Morgan fingerprint density at radius 1 is 1.20 bits per heavy atom. The smallest absolute Gasteiger partial charge is 0.165 e. The molecule has 0 amide bonds. The lowest BCUT2D eigenvalue weighted by atomic mass is 10.00. The Kier molecular flexibility index (Phi) is 8.35. The maximum atomic E-state index is 13.9. The van der Waals surface area contributed by atoms with Crippen molar-refractivity contribution >= 4 is 24.8 Å². The van der Waals surface area contributed by atoms with Crippen molar-refractivity contribution in [1.29, 1.82) is 0 Å². The van der Waals surface area contributed by atoms with Crippen LogP contribution in [0.3, 0.4) is 0 Å². The molecule has 20 heavy (non-hydrogen) atoms. The van der Waals surface area contributed by atoms with Gasteiger partial charge in [-0.05, 0) is 18.6 Å². The van der Waals surface area contributed by atoms with E-state index in [1.165, 1.54) is 0 Å². The largest absolute Gasteiger partial charge is 0.505 e. The Morgan fingerprint density at radius 3 is 2.30 bits per heavy atom. The van der Waals surface area contributed by atoms with Gasteiger partial charge in [-0.2, -0.15) is 0 Å². The van der Waals surface area contributed by atoms with Crippen molar-refractivity contribution in [1.82, 2.24) is 10.2 Å². The first-order valence-electron chi connectivity index (χ1n) is 6.26. The van der Waals surface area contributed by atoms with Gasteiger partial charge in [0.25, 0.3) is 0 Å². The Labute approximate surface area is 130 Å². The molecule has 0 saturated carbocycles. The number of nitrogens with one attached hydrogen (secondary N) is 1. The summed E-state index contributed by atoms with van der Waals surface area (Å²) in [7, 11) is 0. The number of phenols is 1. The lowest BCUT2D eigenvalue weighted by Gasteiger charge is -2.35. The fourth-order valence-electron chi connectivity index (χ4n) is 2.51. The van der Waals surface area contributed by atoms with Gasteiger partial charge < -0.3 is 10.4 Å². The number of halogens is 4. The Morgan fingerprint density at radius 2 is 1.75 bits per heavy atom. The lowest BCUT2D eigenvalue weighted by molar-refractivity contribution is 0.162. The summed E-state index contributed by atoms with van der Waals surface area (Å²) >= 11 is 0. The number of nitrogens with zero attached hydrogens (tertiary/aromatic N) is 1. The van der Waals surface area contributed by atoms with E-state index in [9.17, 15) is 13.9 Å². The van der Waals surface area contributed by atoms with Crippen LogP contribution >= 0.6 is 24.8 Å². The average Bonchev–Trinajstić information content (AvgIpc) is 2.40. The number of hydrogen-bond acceptors (Lipinski definition) is 3. The van der Waals surface area contributed by atoms with Crippen LogP contribution in [0.25, 0.3) is 0 Å². The third-order valence-corrected chi connectivity index (χ3v) is 3.43. The van der Waals surface area contributed by atoms with Gasteiger partial charge in [-0.1, -0.05) is 6.92 Å². The normalized spacial score (nSPS) is 16.9. The molecule has 1 fully saturated rings. The van der Waals surface area contributed by atoms with Crippen LogP contribution in [-0.2, 0) is 0 Å². The average molecular weight is 329 g/mol. The molecule has 1 aliphatic heterocycles. The molecule has 1 saturated heterocycles. The van der Waals surface area contributed by atoms with Crippen LogP contribution in [0, 0.1) is 11.6 Å². The summed E-state index contributed by atoms with van der Waals surface area (Å²) in [6.45, 7) is 5.11. The zero-order valence-electron chi connectivity index (χ0n) is 11.2. The fraction of sp³-hybridized carbons (Fsp3) is 0.538. The third kappa shape index (κ3) is 3.95. The van der Waals surface area contributed by atoms with Crippen molar-refractivity contribution in [2.24, 2.45) is 0 Å². The monoisotopic (exact) mass is 328 g/mol. The molecule has 1 heterocycles. The minimum atomic E-state index is -0.764. The molecule has 7 heteroatoms. The molecule has 3 nitrogen and oxygen atoms in total. The maximum Gasteiger partial charge on any atom is 0.165 e. The predicted molar refractivity (Wildman–Crippen MR) is 80.0 cm³/mol. The minimum absolute atomic E-state index is 0. The van der Waals surface area contributed by atoms with Crippen LogP contribution in [0.15, 0.2) is 12.1 Å². The SMILES string of the molecule is CC[C@@H](c1c(F)ccc(F)c1O)N1CCNCC1.Cl.Cl. The van der Waals surface area contributed by atoms with Gasteiger partial charge in [0.2, 0.25) is 0 Å². The molecule has 0 radical (unpaired) electrons. The number of benzene rings is 1. The Bertz CT molecular complexity index is 429. The first kappa shape index (κ1) is 19.4. The second-order valence-corrected chi connectivity index (χ2v) is 4.50. The molecule has 2 rings (SSSR count). The van der Waals surface area contributed by atoms with E-state index in [0.717, 1.165) is 38.3 Å². The highest BCUT2D eigenvalue weighted by molar-refractivity contribution is 5.85. The van der Waals surface area contributed by atoms with Gasteiger partial charge >= 0.3 is 0 Å². The summed E-state index contributed by atoms with van der Waals surface area (Å²) in [6, 6.07) is 1.76. The molecule has 0 aromatic heterocycles. The van der Waals surface area contributed by atoms with Crippen LogP contribution < -0.4 is 5.32 Å². The highest BCUT2D eigenvalue weighted by Crippen LogP contribution is 2.35. The van der Waals surface area contributed by atoms with Crippen molar-refractivity contribution < 1.29 is 13.9 Å². The molecule has 2 N–H and O–H groups in total. The van der Waals surface area contributed by atoms with E-state index in [4.69, 9.17) is 0 Å². The number of rotatable bonds is 3. The van der Waals surface area contributed by atoms with Crippen molar-refractivity contribution in [2.75, 3.05) is 26.2 Å². The van der Waals surface area contributed by atoms with Crippen LogP contribution in [-0.4, -0.2) is 36.2 Å². The van der Waals surface area contributed by atoms with Crippen molar-refractivity contribution in [3.63, 3.8) is 0 Å². The van der Waals surface area contributed by atoms with E-state index >= 15 is 0 Å². The second-order valence-electron chi connectivity index (χ2n) is 4.50. The summed E-state index contributed by atoms with van der Waals surface area (Å²) in [4.78, 5) is 2.08. The molecular weight excluding hydrogens is 309 g/mol. The Hall–Kier alpha value is -0.620. The Balaban J connectivity index is 0.00000180. The van der Waals surface area contributed by atoms with Crippen molar-refractivity contribution in [3.8, 4) is 5.75 Å². The van der Waals surface area contributed by atoms with E-state index in [0.29, 0.717) is 6.42 Å². The fourth-order valence-corrected chi connectivity index (χ4v) is 2.51. The zero-order chi connectivity index (χ0) is 13.1. The molecular formula is C13H20Cl2F2N2O. The molecule has 0 spiro atoms. The third-order valence-electron chi connectivity index (χ3n) is 3.43. The van der Waals surface area contributed by atoms with Crippen LogP contribution in [0.1, 0.15) is 24.9 Å². The van der Waals surface area contributed by atoms with Crippen LogP contribution in [0.2, 0.25) is 0 Å². The number of phenolic OH excluding ortho intramolecular Hbond substituents is 1. The summed E-state index contributed by atoms with van der Waals surface area (Å²) < 4.78 is 27.2. The van der Waals surface area contributed by atoms with Gasteiger partial charge in [-0.15, -0.1) is 24.8 Å². The summed E-state index contributed by atoms with van der Waals surface area (Å²) in [6.07, 6.45) is 0.633. The molecule has 116 valence electrons. The molecule has 1 aromatic rings. The van der Waals surface area contributed by atoms with Gasteiger partial charge in [0.15, 0.2) is 11.6 Å². The molecule has 1 aliphatic rings. The van der Waals surface area contributed by atoms with Crippen molar-refractivity contribution in [2.45, 2.75) is 19.4 Å². The maximum absolute atomic E-state index is 13.9. The van der Waals surface area contributed by atoms with Gasteiger partial charge in [-0.25, -0.2) is 8.78 Å². The quantitative estimate of drug-likeness (QED) is 0.895. The van der Waals surface area contributed by atoms with Gasteiger partial charge in [0.1, 0.15) is 5.82 Å². The lowest BCUT2D eigenvalue weighted by Crippen LogP contribution is -2.45. The first-order valence-corrected chi connectivity index (χ1v) is 6.26. The van der Waals surface area contributed by atoms with E-state index < -0.39 is 17.4 Å². The molecule has 1 aromatic carbocycles. The minimum Gasteiger partial charge on any atom is -0.505 e. The van der Waals surface area contributed by atoms with Gasteiger partial charge in [0.05, 0.1) is 0 Å². The number of piperazine rings is 1. The second kappa shape index (κ2) is 8.62. The summed E-state index contributed by atoms with van der Waals surface area (Å²) in [5, 5.41) is 13.0. The topological polar surface area (TPSA) is 35.5 Å². The highest BCUT2D eigenvalue weighted by Gasteiger charge is 2.27. The predicted octanol–water partition coefficient (Wildman–Crippen LogP) is 2.87. The highest BCUT2D eigenvalue weighted by atomic mass is 35.5. The summed E-state index contributed by atoms with van der Waals surface area (Å²) in [5.74, 6) is -1.86. The summed E-state index contributed by atoms with van der Waals surface area (Å²) in [5.41, 5.74) is 0.0828.